The van der Waals surface area contributed by atoms with Crippen LogP contribution < -0.4 is 4.90 Å². The van der Waals surface area contributed by atoms with Gasteiger partial charge in [-0.15, -0.1) is 10.2 Å². The molecule has 8 heteroatoms. The second-order valence-corrected chi connectivity index (χ2v) is 8.69. The predicted octanol–water partition coefficient (Wildman–Crippen LogP) is 2.06. The summed E-state index contributed by atoms with van der Waals surface area (Å²) >= 11 is 7.63. The summed E-state index contributed by atoms with van der Waals surface area (Å²) in [5.41, 5.74) is 1.75. The summed E-state index contributed by atoms with van der Waals surface area (Å²) < 4.78 is 24.5. The summed E-state index contributed by atoms with van der Waals surface area (Å²) in [5.74, 6) is 2.22. The smallest absolute Gasteiger partial charge is 0.171 e. The highest BCUT2D eigenvalue weighted by molar-refractivity contribution is 8.01. The molecular weight excluding hydrogens is 318 g/mol. The summed E-state index contributed by atoms with van der Waals surface area (Å²) in [6.45, 7) is 6.12. The zero-order valence-electron chi connectivity index (χ0n) is 11.8. The summed E-state index contributed by atoms with van der Waals surface area (Å²) in [6.07, 6.45) is 0. The zero-order chi connectivity index (χ0) is 14.9. The molecular formula is C12H18ClN3O2S2. The van der Waals surface area contributed by atoms with E-state index in [1.165, 1.54) is 0 Å². The van der Waals surface area contributed by atoms with Crippen molar-refractivity contribution in [2.24, 2.45) is 0 Å². The van der Waals surface area contributed by atoms with E-state index in [-0.39, 0.29) is 5.75 Å². The molecule has 0 N–H and O–H groups in total. The Morgan fingerprint density at radius 2 is 2.05 bits per heavy atom. The second kappa shape index (κ2) is 6.07. The first-order valence-corrected chi connectivity index (χ1v) is 9.68. The lowest BCUT2D eigenvalue weighted by Gasteiger charge is -2.36. The molecule has 112 valence electrons. The van der Waals surface area contributed by atoms with Crippen molar-refractivity contribution in [3.63, 3.8) is 0 Å². The van der Waals surface area contributed by atoms with Gasteiger partial charge in [-0.3, -0.25) is 0 Å². The lowest BCUT2D eigenvalue weighted by atomic mass is 10.2. The lowest BCUT2D eigenvalue weighted by molar-refractivity contribution is 0.578. The van der Waals surface area contributed by atoms with E-state index in [1.807, 2.05) is 18.7 Å². The van der Waals surface area contributed by atoms with Gasteiger partial charge in [0.2, 0.25) is 0 Å². The molecule has 1 fully saturated rings. The molecule has 1 aromatic heterocycles. The van der Waals surface area contributed by atoms with Crippen LogP contribution in [0, 0.1) is 13.8 Å². The van der Waals surface area contributed by atoms with E-state index in [0.717, 1.165) is 16.9 Å². The maximum absolute atomic E-state index is 12.3. The molecule has 0 spiro atoms. The van der Waals surface area contributed by atoms with Gasteiger partial charge < -0.3 is 4.90 Å². The number of thioether (sulfide) groups is 1. The van der Waals surface area contributed by atoms with Crippen molar-refractivity contribution >= 4 is 39.0 Å². The third-order valence-corrected chi connectivity index (χ3v) is 7.26. The molecule has 0 saturated carbocycles. The maximum Gasteiger partial charge on any atom is 0.171 e. The van der Waals surface area contributed by atoms with Gasteiger partial charge in [0.05, 0.1) is 0 Å². The lowest BCUT2D eigenvalue weighted by Crippen LogP contribution is -2.48. The Kier molecular flexibility index (Phi) is 4.81. The minimum atomic E-state index is -3.15. The van der Waals surface area contributed by atoms with E-state index in [1.54, 1.807) is 18.7 Å². The first-order valence-electron chi connectivity index (χ1n) is 6.43. The number of anilines is 1. The van der Waals surface area contributed by atoms with E-state index >= 15 is 0 Å². The van der Waals surface area contributed by atoms with E-state index in [4.69, 9.17) is 11.6 Å². The van der Waals surface area contributed by atoms with Crippen molar-refractivity contribution in [3.8, 4) is 0 Å². The van der Waals surface area contributed by atoms with Crippen LogP contribution in [0.25, 0.3) is 0 Å². The fraction of sp³-hybridized carbons (Fsp3) is 0.667. The largest absolute Gasteiger partial charge is 0.336 e. The van der Waals surface area contributed by atoms with Crippen LogP contribution >= 0.6 is 23.4 Å². The Morgan fingerprint density at radius 1 is 1.35 bits per heavy atom. The van der Waals surface area contributed by atoms with E-state index in [2.05, 4.69) is 10.2 Å². The molecule has 1 unspecified atom stereocenters. The normalized spacial score (nSPS) is 20.2. The molecule has 1 saturated heterocycles. The predicted molar refractivity (Wildman–Crippen MR) is 84.4 cm³/mol. The van der Waals surface area contributed by atoms with E-state index < -0.39 is 15.2 Å². The van der Waals surface area contributed by atoms with Gasteiger partial charge in [-0.2, -0.15) is 11.8 Å². The van der Waals surface area contributed by atoms with Crippen LogP contribution in [0.3, 0.4) is 0 Å². The van der Waals surface area contributed by atoms with Crippen LogP contribution in [0.15, 0.2) is 0 Å². The first-order chi connectivity index (χ1) is 9.38. The second-order valence-electron chi connectivity index (χ2n) is 4.74. The van der Waals surface area contributed by atoms with E-state index in [0.29, 0.717) is 23.3 Å². The summed E-state index contributed by atoms with van der Waals surface area (Å²) in [5, 5.41) is 7.90. The number of hydrogen-bond donors (Lipinski definition) is 0. The molecule has 1 aliphatic rings. The molecule has 1 atom stereocenters. The van der Waals surface area contributed by atoms with Gasteiger partial charge in [-0.1, -0.05) is 18.5 Å². The van der Waals surface area contributed by atoms with Crippen molar-refractivity contribution in [3.05, 3.63) is 16.3 Å². The number of sulfone groups is 1. The standard InChI is InChI=1S/C12H18ClN3O2S2/c1-4-20(17,18)10-7-19-6-5-16(10)12-9(3)8(2)11(13)14-15-12/h10H,4-7H2,1-3H3. The van der Waals surface area contributed by atoms with Crippen molar-refractivity contribution in [1.29, 1.82) is 0 Å². The Labute approximate surface area is 129 Å². The number of aromatic nitrogens is 2. The molecule has 1 aliphatic heterocycles. The number of nitrogens with zero attached hydrogens (tertiary/aromatic N) is 3. The Balaban J connectivity index is 2.46. The molecule has 0 aliphatic carbocycles. The molecule has 5 nitrogen and oxygen atoms in total. The number of rotatable bonds is 3. The van der Waals surface area contributed by atoms with Crippen molar-refractivity contribution < 1.29 is 8.42 Å². The summed E-state index contributed by atoms with van der Waals surface area (Å²) in [6, 6.07) is 0. The SMILES string of the molecule is CCS(=O)(=O)C1CSCCN1c1nnc(Cl)c(C)c1C. The fourth-order valence-electron chi connectivity index (χ4n) is 2.15. The Morgan fingerprint density at radius 3 is 2.70 bits per heavy atom. The highest BCUT2D eigenvalue weighted by Crippen LogP contribution is 2.30. The summed E-state index contributed by atoms with van der Waals surface area (Å²) in [7, 11) is -3.15. The van der Waals surface area contributed by atoms with Gasteiger partial charge in [-0.25, -0.2) is 8.42 Å². The molecule has 0 aromatic carbocycles. The minimum Gasteiger partial charge on any atom is -0.336 e. The van der Waals surface area contributed by atoms with Gasteiger partial charge >= 0.3 is 0 Å². The number of hydrogen-bond acceptors (Lipinski definition) is 6. The Hall–Kier alpha value is -0.530. The molecule has 2 heterocycles. The maximum atomic E-state index is 12.3. The van der Waals surface area contributed by atoms with Crippen LogP contribution in [0.2, 0.25) is 5.15 Å². The number of halogens is 1. The molecule has 2 rings (SSSR count). The topological polar surface area (TPSA) is 63.2 Å². The summed E-state index contributed by atoms with van der Waals surface area (Å²) in [4.78, 5) is 1.86. The molecule has 1 aromatic rings. The zero-order valence-corrected chi connectivity index (χ0v) is 14.1. The molecule has 0 amide bonds. The van der Waals surface area contributed by atoms with Gasteiger partial charge in [0, 0.05) is 23.8 Å². The quantitative estimate of drug-likeness (QED) is 0.842. The van der Waals surface area contributed by atoms with Crippen molar-refractivity contribution in [2.75, 3.05) is 28.7 Å². The molecule has 0 radical (unpaired) electrons. The van der Waals surface area contributed by atoms with Crippen molar-refractivity contribution in [2.45, 2.75) is 26.1 Å². The van der Waals surface area contributed by atoms with E-state index in [9.17, 15) is 8.42 Å². The molecule has 20 heavy (non-hydrogen) atoms. The highest BCUT2D eigenvalue weighted by Gasteiger charge is 2.34. The van der Waals surface area contributed by atoms with Gasteiger partial charge in [0.1, 0.15) is 5.37 Å². The third-order valence-electron chi connectivity index (χ3n) is 3.61. The average molecular weight is 336 g/mol. The Bertz CT molecular complexity index is 607. The highest BCUT2D eigenvalue weighted by atomic mass is 35.5. The van der Waals surface area contributed by atoms with Crippen LogP contribution in [0.1, 0.15) is 18.1 Å². The minimum absolute atomic E-state index is 0.133. The monoisotopic (exact) mass is 335 g/mol. The van der Waals surface area contributed by atoms with Gasteiger partial charge in [0.25, 0.3) is 0 Å². The van der Waals surface area contributed by atoms with Crippen molar-refractivity contribution in [1.82, 2.24) is 10.2 Å². The third kappa shape index (κ3) is 2.89. The van der Waals surface area contributed by atoms with Crippen LogP contribution in [0.4, 0.5) is 5.82 Å². The average Bonchev–Trinajstić information content (AvgIpc) is 2.45. The first kappa shape index (κ1) is 15.9. The van der Waals surface area contributed by atoms with Gasteiger partial charge in [0.15, 0.2) is 20.8 Å². The van der Waals surface area contributed by atoms with Crippen LogP contribution in [-0.4, -0.2) is 47.8 Å². The van der Waals surface area contributed by atoms with Crippen LogP contribution in [-0.2, 0) is 9.84 Å². The molecule has 0 bridgehead atoms. The van der Waals surface area contributed by atoms with Gasteiger partial charge in [-0.05, 0) is 25.0 Å². The van der Waals surface area contributed by atoms with Crippen LogP contribution in [0.5, 0.6) is 0 Å². The fourth-order valence-corrected chi connectivity index (χ4v) is 5.30.